The molecule has 0 saturated carbocycles. The summed E-state index contributed by atoms with van der Waals surface area (Å²) in [6.45, 7) is 0.182. The molecule has 13 heteroatoms. The first-order valence-corrected chi connectivity index (χ1v) is 18.2. The zero-order valence-electron chi connectivity index (χ0n) is 24.4. The van der Waals surface area contributed by atoms with Gasteiger partial charge in [-0.2, -0.15) is 0 Å². The fourth-order valence-electron chi connectivity index (χ4n) is 3.69. The van der Waals surface area contributed by atoms with Gasteiger partial charge in [0.25, 0.3) is 6.47 Å². The number of carbonyl (C=O) groups excluding carboxylic acids is 1. The molecule has 45 heavy (non-hydrogen) atoms. The first-order chi connectivity index (χ1) is 21.9. The van der Waals surface area contributed by atoms with Gasteiger partial charge >= 0.3 is 245 Å². The monoisotopic (exact) mass is 805 g/mol. The van der Waals surface area contributed by atoms with Crippen molar-refractivity contribution in [3.8, 4) is 0 Å². The average molecular weight is 803 g/mol. The van der Waals surface area contributed by atoms with Crippen molar-refractivity contribution in [3.05, 3.63) is 126 Å². The normalized spacial score (nSPS) is 10.5. The van der Waals surface area contributed by atoms with Crippen LogP contribution in [-0.4, -0.2) is 94.2 Å². The number of aromatic nitrogens is 4. The molecule has 10 nitrogen and oxygen atoms in total. The van der Waals surface area contributed by atoms with Gasteiger partial charge in [0.05, 0.1) is 6.42 Å². The third kappa shape index (κ3) is 15.2. The summed E-state index contributed by atoms with van der Waals surface area (Å²) in [5.41, 5.74) is 3.84. The number of carboxylic acid groups (broad SMARTS) is 1. The summed E-state index contributed by atoms with van der Waals surface area (Å²) in [6.07, 6.45) is 4.44. The van der Waals surface area contributed by atoms with Crippen LogP contribution in [0.4, 0.5) is 0 Å². The first kappa shape index (κ1) is 35.8. The quantitative estimate of drug-likeness (QED) is 0.0457. The number of carbonyl (C=O) groups is 2. The number of hydrazone groups is 1. The molecule has 5 rings (SSSR count). The fraction of sp³-hybridized carbons (Fsp3) is 0.219. The summed E-state index contributed by atoms with van der Waals surface area (Å²) in [7, 11) is 0. The number of hydrogen-bond donors (Lipinski definition) is 2. The number of hydrogen-bond acceptors (Lipinski definition) is 9. The van der Waals surface area contributed by atoms with E-state index in [-0.39, 0.29) is 48.5 Å². The topological polar surface area (TPSA) is 154 Å². The van der Waals surface area contributed by atoms with Crippen LogP contribution in [-0.2, 0) is 46.4 Å². The van der Waals surface area contributed by atoms with Gasteiger partial charge in [0.2, 0.25) is 0 Å². The van der Waals surface area contributed by atoms with E-state index >= 15 is 0 Å². The molecule has 0 fully saturated rings. The number of nitrogens with zero attached hydrogens (tertiary/aromatic N) is 5. The molecule has 3 N–H and O–H groups in total. The predicted octanol–water partition coefficient (Wildman–Crippen LogP) is 2.65. The minimum absolute atomic E-state index is 0.0428. The van der Waals surface area contributed by atoms with Crippen LogP contribution in [0.3, 0.4) is 0 Å². The molecular weight excluding hydrogens is 769 g/mol. The van der Waals surface area contributed by atoms with Gasteiger partial charge in [-0.15, -0.1) is 0 Å². The van der Waals surface area contributed by atoms with Crippen LogP contribution in [0.5, 0.6) is 0 Å². The van der Waals surface area contributed by atoms with E-state index in [1.54, 1.807) is 0 Å². The molecule has 0 aliphatic rings. The summed E-state index contributed by atoms with van der Waals surface area (Å²) in [4.78, 5) is 19.0. The number of nitrogens with two attached hydrogens (primary N) is 1. The second kappa shape index (κ2) is 21.1. The van der Waals surface area contributed by atoms with Crippen LogP contribution in [0, 0.1) is 0 Å². The third-order valence-corrected chi connectivity index (χ3v) is 10.5. The van der Waals surface area contributed by atoms with E-state index in [0.29, 0.717) is 0 Å². The number of benzene rings is 3. The van der Waals surface area contributed by atoms with Gasteiger partial charge in [0.1, 0.15) is 6.61 Å². The zero-order chi connectivity index (χ0) is 32.1. The van der Waals surface area contributed by atoms with Crippen LogP contribution >= 0.6 is 0 Å². The fourth-order valence-corrected chi connectivity index (χ4v) is 7.72. The van der Waals surface area contributed by atoms with Gasteiger partial charge in [-0.1, -0.05) is 0 Å². The maximum absolute atomic E-state index is 9.68. The second-order valence-corrected chi connectivity index (χ2v) is 15.1. The summed E-state index contributed by atoms with van der Waals surface area (Å²) in [6, 6.07) is 31.1. The van der Waals surface area contributed by atoms with Gasteiger partial charge in [0, 0.05) is 0 Å². The Balaban J connectivity index is 0.000000240. The Morgan fingerprint density at radius 2 is 1.18 bits per heavy atom. The van der Waals surface area contributed by atoms with Gasteiger partial charge in [-0.25, -0.2) is 0 Å². The van der Waals surface area contributed by atoms with Crippen molar-refractivity contribution in [2.24, 2.45) is 10.9 Å². The van der Waals surface area contributed by atoms with E-state index in [1.807, 2.05) is 42.5 Å². The molecule has 0 amide bonds. The Kier molecular flexibility index (Phi) is 16.8. The summed E-state index contributed by atoms with van der Waals surface area (Å²) >= 11 is 3.38. The molecule has 3 aromatic carbocycles. The minimum atomic E-state index is -0.966. The second-order valence-electron chi connectivity index (χ2n) is 9.30. The standard InChI is InChI=1S/C20H18N4Se2.C8H9N2Se.C4H6O4/c1-3-7-15(8-4-1)13-19-23-21-17(25-19)11-12-18-22-24-20(26-18)14-16-9-5-2-6-10-16;9-10-8(11)6-7-4-2-1-3-5-7;5-3-8-2-1-4(6)7/h1-10H,11-14H2;1-5H,6,9H2;3H,1-2H2,(H,6,7). The third-order valence-electron chi connectivity index (χ3n) is 5.81. The Hall–Kier alpha value is -3.69. The summed E-state index contributed by atoms with van der Waals surface area (Å²) in [5, 5.41) is 29.1. The molecule has 2 heterocycles. The average Bonchev–Trinajstić information content (AvgIpc) is 3.71. The van der Waals surface area contributed by atoms with E-state index in [1.165, 1.54) is 35.0 Å². The molecular formula is C32H33N6O4Se3. The van der Waals surface area contributed by atoms with Gasteiger partial charge in [-0.3, -0.25) is 9.59 Å². The van der Waals surface area contributed by atoms with Crippen molar-refractivity contribution in [2.75, 3.05) is 6.61 Å². The Labute approximate surface area is 282 Å². The Morgan fingerprint density at radius 3 is 1.58 bits per heavy atom. The molecule has 0 spiro atoms. The summed E-state index contributed by atoms with van der Waals surface area (Å²) < 4.78 is 9.82. The Morgan fingerprint density at radius 1 is 0.756 bits per heavy atom. The van der Waals surface area contributed by atoms with Crippen LogP contribution in [0.2, 0.25) is 0 Å². The van der Waals surface area contributed by atoms with Crippen LogP contribution in [0.1, 0.15) is 41.4 Å². The van der Waals surface area contributed by atoms with Crippen molar-refractivity contribution < 1.29 is 19.4 Å². The number of aryl methyl sites for hydroxylation is 2. The predicted molar refractivity (Wildman–Crippen MR) is 176 cm³/mol. The van der Waals surface area contributed by atoms with E-state index in [9.17, 15) is 9.59 Å². The molecule has 0 bridgehead atoms. The van der Waals surface area contributed by atoms with Crippen molar-refractivity contribution >= 4 is 62.1 Å². The maximum atomic E-state index is 9.68. The number of carboxylic acids is 1. The molecule has 233 valence electrons. The molecule has 0 unspecified atom stereocenters. The molecule has 5 aromatic rings. The molecule has 2 aromatic heterocycles. The summed E-state index contributed by atoms with van der Waals surface area (Å²) in [5.74, 6) is 4.11. The van der Waals surface area contributed by atoms with Crippen molar-refractivity contribution in [1.82, 2.24) is 20.4 Å². The van der Waals surface area contributed by atoms with E-state index < -0.39 is 5.97 Å². The van der Waals surface area contributed by atoms with Crippen LogP contribution in [0.15, 0.2) is 96.1 Å². The van der Waals surface area contributed by atoms with Crippen LogP contribution in [0.25, 0.3) is 0 Å². The molecule has 0 atom stereocenters. The molecule has 0 aliphatic carbocycles. The molecule has 1 radical (unpaired) electrons. The molecule has 0 aliphatic heterocycles. The Bertz CT molecular complexity index is 1500. The van der Waals surface area contributed by atoms with E-state index in [0.717, 1.165) is 36.7 Å². The van der Waals surface area contributed by atoms with Gasteiger partial charge < -0.3 is 9.84 Å². The van der Waals surface area contributed by atoms with E-state index in [2.05, 4.69) is 94.8 Å². The van der Waals surface area contributed by atoms with Crippen molar-refractivity contribution in [2.45, 2.75) is 38.5 Å². The van der Waals surface area contributed by atoms with E-state index in [4.69, 9.17) is 10.9 Å². The van der Waals surface area contributed by atoms with Gasteiger partial charge in [0.15, 0.2) is 0 Å². The first-order valence-electron chi connectivity index (χ1n) is 13.9. The SMILES string of the molecule is NN=C([Se])Cc1ccccc1.O=COCCC(=O)O.c1ccc(Cc2nnc(CCc3nnc(Cc4ccccc4)[se]3)[se]2)cc1. The number of rotatable bonds is 13. The van der Waals surface area contributed by atoms with Crippen molar-refractivity contribution in [3.63, 3.8) is 0 Å². The zero-order valence-corrected chi connectivity index (χ0v) is 29.5. The number of aliphatic carboxylic acids is 1. The van der Waals surface area contributed by atoms with Crippen LogP contribution < -0.4 is 5.84 Å². The van der Waals surface area contributed by atoms with Gasteiger partial charge in [-0.05, 0) is 0 Å². The van der Waals surface area contributed by atoms with Crippen molar-refractivity contribution in [1.29, 1.82) is 0 Å². The molecule has 0 saturated heterocycles. The number of ether oxygens (including phenoxy) is 1.